The first-order chi connectivity index (χ1) is 16.7. The van der Waals surface area contributed by atoms with Crippen LogP contribution in [0.4, 0.5) is 23.1 Å². The molecule has 0 saturated carbocycles. The lowest BCUT2D eigenvalue weighted by Gasteiger charge is -2.40. The number of nitrogens with two attached hydrogens (primary N) is 1. The Hall–Kier alpha value is -3.97. The van der Waals surface area contributed by atoms with E-state index in [1.807, 2.05) is 19.1 Å². The van der Waals surface area contributed by atoms with Crippen molar-refractivity contribution in [2.24, 2.45) is 0 Å². The number of nitrogens with zero attached hydrogens (tertiary/aromatic N) is 5. The maximum Gasteiger partial charge on any atom is 0.160 e. The summed E-state index contributed by atoms with van der Waals surface area (Å²) in [6.45, 7) is 5.47. The fourth-order valence-electron chi connectivity index (χ4n) is 4.54. The van der Waals surface area contributed by atoms with Gasteiger partial charge in [-0.05, 0) is 29.7 Å². The molecule has 7 nitrogen and oxygen atoms in total. The second-order valence-electron chi connectivity index (χ2n) is 8.50. The number of hydrogen-bond acceptors (Lipinski definition) is 7. The number of aromatic nitrogens is 3. The molecule has 1 aliphatic rings. The molecular weight excluding hydrogens is 422 g/mol. The summed E-state index contributed by atoms with van der Waals surface area (Å²) in [5, 5.41) is 3.27. The molecule has 0 amide bonds. The van der Waals surface area contributed by atoms with Crippen molar-refractivity contribution in [2.45, 2.75) is 13.0 Å². The van der Waals surface area contributed by atoms with Gasteiger partial charge in [-0.2, -0.15) is 0 Å². The van der Waals surface area contributed by atoms with Gasteiger partial charge in [-0.25, -0.2) is 15.0 Å². The van der Waals surface area contributed by atoms with E-state index in [0.29, 0.717) is 11.5 Å². The van der Waals surface area contributed by atoms with Gasteiger partial charge in [0.2, 0.25) is 0 Å². The van der Waals surface area contributed by atoms with E-state index in [9.17, 15) is 0 Å². The molecule has 1 saturated heterocycles. The number of aryl methyl sites for hydroxylation is 1. The van der Waals surface area contributed by atoms with Crippen molar-refractivity contribution >= 4 is 23.1 Å². The fraction of sp³-hybridized carbons (Fsp3) is 0.222. The number of nitrogen functional groups attached to an aromatic ring is 1. The van der Waals surface area contributed by atoms with E-state index in [1.165, 1.54) is 11.1 Å². The third kappa shape index (κ3) is 4.56. The zero-order valence-electron chi connectivity index (χ0n) is 19.3. The van der Waals surface area contributed by atoms with Crippen LogP contribution in [0, 0.1) is 6.92 Å². The SMILES string of the molecule is Cc1cccnc1Nc1ncnc(N2CCN(C(c3ccccc3)c3ccccc3)CC2)c1N. The van der Waals surface area contributed by atoms with Crippen LogP contribution in [0.25, 0.3) is 0 Å². The summed E-state index contributed by atoms with van der Waals surface area (Å²) in [7, 11) is 0. The van der Waals surface area contributed by atoms with Crippen LogP contribution in [0.15, 0.2) is 85.3 Å². The molecule has 0 aliphatic carbocycles. The van der Waals surface area contributed by atoms with Crippen molar-refractivity contribution in [3.63, 3.8) is 0 Å². The Morgan fingerprint density at radius 2 is 1.41 bits per heavy atom. The van der Waals surface area contributed by atoms with Crippen LogP contribution in [-0.4, -0.2) is 46.0 Å². The average Bonchev–Trinajstić information content (AvgIpc) is 2.89. The van der Waals surface area contributed by atoms with E-state index in [4.69, 9.17) is 5.73 Å². The summed E-state index contributed by atoms with van der Waals surface area (Å²) in [6, 6.07) is 25.6. The van der Waals surface area contributed by atoms with E-state index in [2.05, 4.69) is 90.7 Å². The monoisotopic (exact) mass is 451 g/mol. The van der Waals surface area contributed by atoms with Gasteiger partial charge >= 0.3 is 0 Å². The predicted molar refractivity (Wildman–Crippen MR) is 137 cm³/mol. The molecule has 34 heavy (non-hydrogen) atoms. The summed E-state index contributed by atoms with van der Waals surface area (Å²) in [4.78, 5) is 18.1. The first-order valence-corrected chi connectivity index (χ1v) is 11.6. The molecule has 0 bridgehead atoms. The van der Waals surface area contributed by atoms with Crippen molar-refractivity contribution < 1.29 is 0 Å². The standard InChI is InChI=1S/C27H29N7/c1-20-9-8-14-29-25(20)32-26-23(28)27(31-19-30-26)34-17-15-33(16-18-34)24(21-10-4-2-5-11-21)22-12-6-3-7-13-22/h2-14,19,24H,15-18,28H2,1H3,(H,29,30,31,32). The molecule has 7 heteroatoms. The highest BCUT2D eigenvalue weighted by Gasteiger charge is 2.28. The first-order valence-electron chi connectivity index (χ1n) is 11.6. The summed E-state index contributed by atoms with van der Waals surface area (Å²) in [5.74, 6) is 2.10. The third-order valence-corrected chi connectivity index (χ3v) is 6.32. The van der Waals surface area contributed by atoms with Crippen LogP contribution in [0.2, 0.25) is 0 Å². The number of anilines is 4. The van der Waals surface area contributed by atoms with Gasteiger partial charge in [0.25, 0.3) is 0 Å². The maximum absolute atomic E-state index is 6.52. The minimum absolute atomic E-state index is 0.219. The van der Waals surface area contributed by atoms with Crippen molar-refractivity contribution in [1.29, 1.82) is 0 Å². The summed E-state index contributed by atoms with van der Waals surface area (Å²) in [5.41, 5.74) is 10.7. The summed E-state index contributed by atoms with van der Waals surface area (Å²) >= 11 is 0. The van der Waals surface area contributed by atoms with E-state index >= 15 is 0 Å². The Labute approximate surface area is 200 Å². The van der Waals surface area contributed by atoms with Gasteiger partial charge < -0.3 is 16.0 Å². The molecule has 2 aromatic carbocycles. The van der Waals surface area contributed by atoms with Gasteiger partial charge in [0, 0.05) is 32.4 Å². The van der Waals surface area contributed by atoms with Gasteiger partial charge in [-0.3, -0.25) is 4.90 Å². The Kier molecular flexibility index (Phi) is 6.35. The number of hydrogen-bond donors (Lipinski definition) is 2. The van der Waals surface area contributed by atoms with Gasteiger partial charge in [0.15, 0.2) is 11.6 Å². The molecule has 0 radical (unpaired) electrons. The van der Waals surface area contributed by atoms with Crippen LogP contribution >= 0.6 is 0 Å². The molecule has 172 valence electrons. The Morgan fingerprint density at radius 1 is 0.765 bits per heavy atom. The molecule has 2 aromatic heterocycles. The molecule has 4 aromatic rings. The number of piperazine rings is 1. The minimum atomic E-state index is 0.219. The van der Waals surface area contributed by atoms with Crippen LogP contribution < -0.4 is 16.0 Å². The quantitative estimate of drug-likeness (QED) is 0.449. The normalized spacial score (nSPS) is 14.4. The zero-order valence-corrected chi connectivity index (χ0v) is 19.3. The van der Waals surface area contributed by atoms with Crippen molar-refractivity contribution in [1.82, 2.24) is 19.9 Å². The van der Waals surface area contributed by atoms with E-state index in [-0.39, 0.29) is 6.04 Å². The second kappa shape index (κ2) is 9.89. The van der Waals surface area contributed by atoms with Gasteiger partial charge in [-0.1, -0.05) is 66.7 Å². The van der Waals surface area contributed by atoms with Crippen LogP contribution in [0.1, 0.15) is 22.7 Å². The van der Waals surface area contributed by atoms with Crippen molar-refractivity contribution in [3.05, 3.63) is 102 Å². The Balaban J connectivity index is 1.34. The van der Waals surface area contributed by atoms with E-state index in [1.54, 1.807) is 12.5 Å². The highest BCUT2D eigenvalue weighted by atomic mass is 15.3. The lowest BCUT2D eigenvalue weighted by atomic mass is 9.96. The maximum atomic E-state index is 6.52. The first kappa shape index (κ1) is 21.9. The number of nitrogens with one attached hydrogen (secondary N) is 1. The number of pyridine rings is 1. The molecule has 3 N–H and O–H groups in total. The smallest absolute Gasteiger partial charge is 0.160 e. The topological polar surface area (TPSA) is 83.2 Å². The highest BCUT2D eigenvalue weighted by Crippen LogP contribution is 2.33. The lowest BCUT2D eigenvalue weighted by Crippen LogP contribution is -2.48. The van der Waals surface area contributed by atoms with Crippen LogP contribution in [0.3, 0.4) is 0 Å². The fourth-order valence-corrected chi connectivity index (χ4v) is 4.54. The summed E-state index contributed by atoms with van der Waals surface area (Å²) < 4.78 is 0. The average molecular weight is 452 g/mol. The molecule has 0 atom stereocenters. The lowest BCUT2D eigenvalue weighted by molar-refractivity contribution is 0.212. The molecule has 0 unspecified atom stereocenters. The van der Waals surface area contributed by atoms with Gasteiger partial charge in [-0.15, -0.1) is 0 Å². The molecular formula is C27H29N7. The largest absolute Gasteiger partial charge is 0.393 e. The molecule has 1 fully saturated rings. The molecule has 0 spiro atoms. The van der Waals surface area contributed by atoms with Gasteiger partial charge in [0.05, 0.1) is 6.04 Å². The van der Waals surface area contributed by atoms with Crippen molar-refractivity contribution in [3.8, 4) is 0 Å². The van der Waals surface area contributed by atoms with Gasteiger partial charge in [0.1, 0.15) is 17.8 Å². The highest BCUT2D eigenvalue weighted by molar-refractivity contribution is 5.78. The third-order valence-electron chi connectivity index (χ3n) is 6.32. The Morgan fingerprint density at radius 3 is 2.03 bits per heavy atom. The number of benzene rings is 2. The van der Waals surface area contributed by atoms with Crippen molar-refractivity contribution in [2.75, 3.05) is 42.1 Å². The zero-order chi connectivity index (χ0) is 23.3. The minimum Gasteiger partial charge on any atom is -0.393 e. The Bertz CT molecular complexity index is 1180. The van der Waals surface area contributed by atoms with E-state index in [0.717, 1.165) is 43.4 Å². The predicted octanol–water partition coefficient (Wildman–Crippen LogP) is 4.42. The molecule has 3 heterocycles. The van der Waals surface area contributed by atoms with Crippen LogP contribution in [0.5, 0.6) is 0 Å². The van der Waals surface area contributed by atoms with E-state index < -0.39 is 0 Å². The van der Waals surface area contributed by atoms with Crippen LogP contribution in [-0.2, 0) is 0 Å². The number of rotatable bonds is 6. The summed E-state index contributed by atoms with van der Waals surface area (Å²) in [6.07, 6.45) is 3.32. The second-order valence-corrected chi connectivity index (χ2v) is 8.50. The molecule has 1 aliphatic heterocycles. The molecule has 5 rings (SSSR count).